The highest BCUT2D eigenvalue weighted by molar-refractivity contribution is 5.85. The van der Waals surface area contributed by atoms with Gasteiger partial charge in [-0.1, -0.05) is 36.8 Å². The largest absolute Gasteiger partial charge is 0.338 e. The summed E-state index contributed by atoms with van der Waals surface area (Å²) in [6.45, 7) is 6.17. The minimum absolute atomic E-state index is 0. The lowest BCUT2D eigenvalue weighted by atomic mass is 9.65. The summed E-state index contributed by atoms with van der Waals surface area (Å²) in [6.07, 6.45) is 6.87. The van der Waals surface area contributed by atoms with Gasteiger partial charge in [0.05, 0.1) is 0 Å². The number of nitrogens with two attached hydrogens (primary N) is 1. The fraction of sp³-hybridized carbons (Fsp3) is 0.696. The summed E-state index contributed by atoms with van der Waals surface area (Å²) in [6, 6.07) is 11.3. The van der Waals surface area contributed by atoms with Gasteiger partial charge in [-0.05, 0) is 56.4 Å². The average molecular weight is 406 g/mol. The molecule has 1 aromatic carbocycles. The molecule has 2 bridgehead atoms. The van der Waals surface area contributed by atoms with Gasteiger partial charge >= 0.3 is 0 Å². The molecule has 28 heavy (non-hydrogen) atoms. The molecule has 4 rings (SSSR count). The summed E-state index contributed by atoms with van der Waals surface area (Å²) in [7, 11) is 0. The number of amides is 1. The molecule has 3 aliphatic rings. The first-order chi connectivity index (χ1) is 13.1. The Morgan fingerprint density at radius 1 is 1.07 bits per heavy atom. The minimum atomic E-state index is 0. The van der Waals surface area contributed by atoms with Crippen LogP contribution in [0.15, 0.2) is 30.3 Å². The summed E-state index contributed by atoms with van der Waals surface area (Å²) < 4.78 is 0. The molecule has 3 fully saturated rings. The summed E-state index contributed by atoms with van der Waals surface area (Å²) in [4.78, 5) is 18.1. The van der Waals surface area contributed by atoms with Crippen LogP contribution >= 0.6 is 12.4 Å². The van der Waals surface area contributed by atoms with Crippen molar-refractivity contribution in [3.05, 3.63) is 35.9 Å². The predicted octanol–water partition coefficient (Wildman–Crippen LogP) is 3.68. The van der Waals surface area contributed by atoms with E-state index in [0.29, 0.717) is 29.8 Å². The molecule has 1 aliphatic heterocycles. The first kappa shape index (κ1) is 21.6. The normalized spacial score (nSPS) is 33.6. The van der Waals surface area contributed by atoms with E-state index in [1.807, 2.05) is 0 Å². The highest BCUT2D eigenvalue weighted by Crippen LogP contribution is 2.42. The van der Waals surface area contributed by atoms with Crippen molar-refractivity contribution in [2.45, 2.75) is 64.1 Å². The van der Waals surface area contributed by atoms with Gasteiger partial charge in [0.2, 0.25) is 5.91 Å². The molecule has 3 atom stereocenters. The third kappa shape index (κ3) is 4.72. The third-order valence-corrected chi connectivity index (χ3v) is 7.22. The van der Waals surface area contributed by atoms with Gasteiger partial charge in [-0.15, -0.1) is 12.4 Å². The molecular formula is C23H36ClN3O. The van der Waals surface area contributed by atoms with E-state index >= 15 is 0 Å². The fourth-order valence-corrected chi connectivity index (χ4v) is 5.79. The van der Waals surface area contributed by atoms with E-state index in [2.05, 4.69) is 47.1 Å². The number of hydrogen-bond acceptors (Lipinski definition) is 3. The van der Waals surface area contributed by atoms with Crippen LogP contribution in [0.5, 0.6) is 0 Å². The zero-order valence-corrected chi connectivity index (χ0v) is 17.9. The molecule has 2 N–H and O–H groups in total. The van der Waals surface area contributed by atoms with E-state index in [1.54, 1.807) is 0 Å². The Bertz CT molecular complexity index is 626. The van der Waals surface area contributed by atoms with Gasteiger partial charge in [0.15, 0.2) is 0 Å². The first-order valence-corrected chi connectivity index (χ1v) is 10.9. The molecule has 1 aromatic rings. The van der Waals surface area contributed by atoms with Crippen molar-refractivity contribution in [1.29, 1.82) is 0 Å². The number of rotatable bonds is 3. The third-order valence-electron chi connectivity index (χ3n) is 7.22. The molecule has 1 heterocycles. The molecule has 2 saturated carbocycles. The van der Waals surface area contributed by atoms with Gasteiger partial charge in [0.1, 0.15) is 0 Å². The molecule has 2 aliphatic carbocycles. The number of hydrogen-bond donors (Lipinski definition) is 1. The zero-order valence-electron chi connectivity index (χ0n) is 17.1. The van der Waals surface area contributed by atoms with Crippen molar-refractivity contribution >= 4 is 18.3 Å². The number of fused-ring (bicyclic) bond motifs is 2. The lowest BCUT2D eigenvalue weighted by Gasteiger charge is -2.45. The van der Waals surface area contributed by atoms with Gasteiger partial charge in [0.25, 0.3) is 0 Å². The van der Waals surface area contributed by atoms with Crippen molar-refractivity contribution in [3.8, 4) is 0 Å². The van der Waals surface area contributed by atoms with Crippen LogP contribution < -0.4 is 5.73 Å². The fourth-order valence-electron chi connectivity index (χ4n) is 5.79. The van der Waals surface area contributed by atoms with Gasteiger partial charge in [-0.2, -0.15) is 0 Å². The number of benzene rings is 1. The van der Waals surface area contributed by atoms with E-state index in [9.17, 15) is 4.79 Å². The maximum atomic E-state index is 13.4. The second-order valence-corrected chi connectivity index (χ2v) is 9.15. The number of nitrogens with zero attached hydrogens (tertiary/aromatic N) is 2. The monoisotopic (exact) mass is 405 g/mol. The van der Waals surface area contributed by atoms with Gasteiger partial charge in [-0.25, -0.2) is 0 Å². The average Bonchev–Trinajstić information content (AvgIpc) is 2.83. The molecule has 1 saturated heterocycles. The Balaban J connectivity index is 0.00000225. The standard InChI is InChI=1S/C23H35N3O.ClH/c1-17-15-25(16-18-7-3-2-4-8-18)11-6-12-26(17)23(27)21-13-19-9-5-10-20(14-21)22(19)24;/h2-4,7-8,17,19-22H,5-6,9-16,24H2,1H3;1H. The lowest BCUT2D eigenvalue weighted by Crippen LogP contribution is -2.51. The molecule has 0 spiro atoms. The van der Waals surface area contributed by atoms with E-state index in [4.69, 9.17) is 5.73 Å². The van der Waals surface area contributed by atoms with Crippen molar-refractivity contribution in [3.63, 3.8) is 0 Å². The van der Waals surface area contributed by atoms with Crippen LogP contribution in [0.25, 0.3) is 0 Å². The summed E-state index contributed by atoms with van der Waals surface area (Å²) in [5, 5.41) is 0. The first-order valence-electron chi connectivity index (χ1n) is 10.9. The molecule has 0 radical (unpaired) electrons. The minimum Gasteiger partial charge on any atom is -0.338 e. The van der Waals surface area contributed by atoms with Crippen LogP contribution in [0.4, 0.5) is 0 Å². The molecule has 0 aromatic heterocycles. The highest BCUT2D eigenvalue weighted by Gasteiger charge is 2.42. The van der Waals surface area contributed by atoms with Crippen LogP contribution in [-0.2, 0) is 11.3 Å². The molecule has 156 valence electrons. The number of halogens is 1. The Labute approximate surface area is 176 Å². The Kier molecular flexibility index (Phi) is 7.41. The van der Waals surface area contributed by atoms with Crippen LogP contribution in [0.1, 0.15) is 51.0 Å². The quantitative estimate of drug-likeness (QED) is 0.834. The predicted molar refractivity (Wildman–Crippen MR) is 116 cm³/mol. The molecular weight excluding hydrogens is 370 g/mol. The molecule has 1 amide bonds. The maximum absolute atomic E-state index is 13.4. The Morgan fingerprint density at radius 3 is 2.43 bits per heavy atom. The highest BCUT2D eigenvalue weighted by atomic mass is 35.5. The van der Waals surface area contributed by atoms with E-state index in [0.717, 1.165) is 45.4 Å². The zero-order chi connectivity index (χ0) is 18.8. The van der Waals surface area contributed by atoms with Gasteiger partial charge in [-0.3, -0.25) is 9.69 Å². The molecule has 4 nitrogen and oxygen atoms in total. The SMILES string of the molecule is CC1CN(Cc2ccccc2)CCCN1C(=O)C1CC2CCCC(C1)C2N.Cl. The summed E-state index contributed by atoms with van der Waals surface area (Å²) in [5.41, 5.74) is 7.80. The van der Waals surface area contributed by atoms with Crippen LogP contribution in [0, 0.1) is 17.8 Å². The van der Waals surface area contributed by atoms with Crippen LogP contribution in [0.3, 0.4) is 0 Å². The smallest absolute Gasteiger partial charge is 0.225 e. The van der Waals surface area contributed by atoms with Gasteiger partial charge < -0.3 is 10.6 Å². The summed E-state index contributed by atoms with van der Waals surface area (Å²) in [5.74, 6) is 1.77. The van der Waals surface area contributed by atoms with E-state index in [-0.39, 0.29) is 18.3 Å². The second-order valence-electron chi connectivity index (χ2n) is 9.15. The Hall–Kier alpha value is -1.10. The van der Waals surface area contributed by atoms with Crippen molar-refractivity contribution in [1.82, 2.24) is 9.80 Å². The van der Waals surface area contributed by atoms with Crippen LogP contribution in [-0.4, -0.2) is 47.4 Å². The van der Waals surface area contributed by atoms with Gasteiger partial charge in [0, 0.05) is 44.2 Å². The van der Waals surface area contributed by atoms with E-state index in [1.165, 1.54) is 24.8 Å². The number of carbonyl (C=O) groups is 1. The van der Waals surface area contributed by atoms with Crippen molar-refractivity contribution in [2.24, 2.45) is 23.5 Å². The topological polar surface area (TPSA) is 49.6 Å². The summed E-state index contributed by atoms with van der Waals surface area (Å²) >= 11 is 0. The molecule has 3 unspecified atom stereocenters. The Morgan fingerprint density at radius 2 is 1.75 bits per heavy atom. The van der Waals surface area contributed by atoms with Crippen LogP contribution in [0.2, 0.25) is 0 Å². The molecule has 5 heteroatoms. The van der Waals surface area contributed by atoms with Crippen molar-refractivity contribution in [2.75, 3.05) is 19.6 Å². The second kappa shape index (κ2) is 9.60. The lowest BCUT2D eigenvalue weighted by molar-refractivity contribution is -0.140. The van der Waals surface area contributed by atoms with Crippen molar-refractivity contribution < 1.29 is 4.79 Å². The maximum Gasteiger partial charge on any atom is 0.225 e. The number of carbonyl (C=O) groups excluding carboxylic acids is 1. The van der Waals surface area contributed by atoms with E-state index < -0.39 is 0 Å².